The Morgan fingerprint density at radius 1 is 1.59 bits per heavy atom. The molecular formula is C13H16FN2O+. The van der Waals surface area contributed by atoms with Crippen LogP contribution in [0.1, 0.15) is 5.56 Å². The SMILES string of the molecule is C#CCNC(=O)C[NH+](C)Cc1cccc(F)c1. The number of hydrogen-bond donors (Lipinski definition) is 2. The van der Waals surface area contributed by atoms with Crippen molar-refractivity contribution >= 4 is 5.91 Å². The Hall–Kier alpha value is -1.86. The minimum atomic E-state index is -0.257. The summed E-state index contributed by atoms with van der Waals surface area (Å²) < 4.78 is 12.9. The van der Waals surface area contributed by atoms with Crippen LogP contribution in [0.3, 0.4) is 0 Å². The molecule has 0 aliphatic rings. The van der Waals surface area contributed by atoms with E-state index in [9.17, 15) is 9.18 Å². The normalized spacial score (nSPS) is 11.6. The van der Waals surface area contributed by atoms with Crippen LogP contribution in [-0.2, 0) is 11.3 Å². The molecule has 0 spiro atoms. The Balaban J connectivity index is 2.42. The van der Waals surface area contributed by atoms with Crippen LogP contribution in [0.15, 0.2) is 24.3 Å². The summed E-state index contributed by atoms with van der Waals surface area (Å²) in [7, 11) is 1.88. The third-order valence-electron chi connectivity index (χ3n) is 2.24. The number of halogens is 1. The molecule has 0 fully saturated rings. The lowest BCUT2D eigenvalue weighted by Crippen LogP contribution is -3.08. The Morgan fingerprint density at radius 2 is 2.35 bits per heavy atom. The molecular weight excluding hydrogens is 219 g/mol. The number of rotatable bonds is 5. The van der Waals surface area contributed by atoms with Crippen molar-refractivity contribution < 1.29 is 14.1 Å². The largest absolute Gasteiger partial charge is 0.340 e. The second kappa shape index (κ2) is 6.66. The average Bonchev–Trinajstić information content (AvgIpc) is 2.26. The zero-order valence-electron chi connectivity index (χ0n) is 9.79. The molecule has 17 heavy (non-hydrogen) atoms. The van der Waals surface area contributed by atoms with Gasteiger partial charge in [-0.3, -0.25) is 4.79 Å². The number of hydrogen-bond acceptors (Lipinski definition) is 1. The number of nitrogens with one attached hydrogen (secondary N) is 2. The number of benzene rings is 1. The molecule has 1 aromatic carbocycles. The fourth-order valence-corrected chi connectivity index (χ4v) is 1.54. The van der Waals surface area contributed by atoms with Gasteiger partial charge in [0.15, 0.2) is 6.54 Å². The molecule has 0 bridgehead atoms. The molecule has 4 heteroatoms. The molecule has 0 saturated heterocycles. The highest BCUT2D eigenvalue weighted by Crippen LogP contribution is 2.01. The van der Waals surface area contributed by atoms with E-state index >= 15 is 0 Å². The van der Waals surface area contributed by atoms with Crippen LogP contribution in [0.2, 0.25) is 0 Å². The van der Waals surface area contributed by atoms with Gasteiger partial charge in [0.1, 0.15) is 12.4 Å². The van der Waals surface area contributed by atoms with Crippen molar-refractivity contribution in [1.82, 2.24) is 5.32 Å². The molecule has 2 N–H and O–H groups in total. The van der Waals surface area contributed by atoms with Crippen LogP contribution in [0, 0.1) is 18.2 Å². The lowest BCUT2D eigenvalue weighted by Gasteiger charge is -2.13. The van der Waals surface area contributed by atoms with Gasteiger partial charge in [0.25, 0.3) is 5.91 Å². The highest BCUT2D eigenvalue weighted by atomic mass is 19.1. The summed E-state index contributed by atoms with van der Waals surface area (Å²) in [5.74, 6) is 1.98. The number of terminal acetylenes is 1. The van der Waals surface area contributed by atoms with E-state index in [0.29, 0.717) is 13.1 Å². The minimum absolute atomic E-state index is 0.100. The fraction of sp³-hybridized carbons (Fsp3) is 0.308. The summed E-state index contributed by atoms with van der Waals surface area (Å²) in [5.41, 5.74) is 0.868. The van der Waals surface area contributed by atoms with Gasteiger partial charge in [0.2, 0.25) is 0 Å². The van der Waals surface area contributed by atoms with E-state index in [1.54, 1.807) is 6.07 Å². The highest BCUT2D eigenvalue weighted by Gasteiger charge is 2.09. The Labute approximate surface area is 101 Å². The standard InChI is InChI=1S/C13H15FN2O/c1-3-7-15-13(17)10-16(2)9-11-5-4-6-12(14)8-11/h1,4-6,8H,7,9-10H2,2H3,(H,15,17)/p+1. The molecule has 0 aromatic heterocycles. The van der Waals surface area contributed by atoms with Gasteiger partial charge in [-0.25, -0.2) is 4.39 Å². The lowest BCUT2D eigenvalue weighted by molar-refractivity contribution is -0.885. The van der Waals surface area contributed by atoms with Crippen molar-refractivity contribution in [2.45, 2.75) is 6.54 Å². The van der Waals surface area contributed by atoms with Gasteiger partial charge in [-0.1, -0.05) is 18.1 Å². The molecule has 0 aliphatic carbocycles. The molecule has 0 aliphatic heterocycles. The Morgan fingerprint density at radius 3 is 3.00 bits per heavy atom. The predicted molar refractivity (Wildman–Crippen MR) is 63.7 cm³/mol. The molecule has 90 valence electrons. The number of carbonyl (C=O) groups is 1. The smallest absolute Gasteiger partial charge is 0.275 e. The summed E-state index contributed by atoms with van der Waals surface area (Å²) in [6.45, 7) is 1.16. The van der Waals surface area contributed by atoms with Crippen molar-refractivity contribution in [3.05, 3.63) is 35.6 Å². The van der Waals surface area contributed by atoms with E-state index in [-0.39, 0.29) is 18.3 Å². The van der Waals surface area contributed by atoms with Gasteiger partial charge in [-0.2, -0.15) is 0 Å². The van der Waals surface area contributed by atoms with E-state index in [4.69, 9.17) is 6.42 Å². The summed E-state index contributed by atoms with van der Waals surface area (Å²) >= 11 is 0. The zero-order chi connectivity index (χ0) is 12.7. The van der Waals surface area contributed by atoms with E-state index < -0.39 is 0 Å². The maximum atomic E-state index is 12.9. The number of amides is 1. The lowest BCUT2D eigenvalue weighted by atomic mass is 10.2. The van der Waals surface area contributed by atoms with Crippen LogP contribution < -0.4 is 10.2 Å². The first-order chi connectivity index (χ1) is 8.11. The maximum Gasteiger partial charge on any atom is 0.275 e. The van der Waals surface area contributed by atoms with Gasteiger partial charge in [0.05, 0.1) is 13.6 Å². The van der Waals surface area contributed by atoms with E-state index in [2.05, 4.69) is 11.2 Å². The van der Waals surface area contributed by atoms with Crippen LogP contribution in [0.4, 0.5) is 4.39 Å². The average molecular weight is 235 g/mol. The monoisotopic (exact) mass is 235 g/mol. The minimum Gasteiger partial charge on any atom is -0.340 e. The predicted octanol–water partition coefficient (Wildman–Crippen LogP) is -0.410. The number of likely N-dealkylation sites (N-methyl/N-ethyl adjacent to an activating group) is 1. The summed E-state index contributed by atoms with van der Waals surface area (Å²) in [5, 5.41) is 2.59. The van der Waals surface area contributed by atoms with Crippen molar-refractivity contribution in [2.75, 3.05) is 20.1 Å². The van der Waals surface area contributed by atoms with Crippen LogP contribution in [-0.4, -0.2) is 26.0 Å². The quantitative estimate of drug-likeness (QED) is 0.668. The third-order valence-corrected chi connectivity index (χ3v) is 2.24. The van der Waals surface area contributed by atoms with Crippen LogP contribution in [0.25, 0.3) is 0 Å². The molecule has 1 amide bonds. The Bertz CT molecular complexity index is 426. The summed E-state index contributed by atoms with van der Waals surface area (Å²) in [6, 6.07) is 6.38. The molecule has 3 nitrogen and oxygen atoms in total. The third kappa shape index (κ3) is 5.14. The van der Waals surface area contributed by atoms with Crippen molar-refractivity contribution in [3.63, 3.8) is 0 Å². The Kier molecular flexibility index (Phi) is 5.18. The first-order valence-electron chi connectivity index (χ1n) is 5.37. The topological polar surface area (TPSA) is 33.5 Å². The van der Waals surface area contributed by atoms with Gasteiger partial charge in [-0.05, 0) is 12.1 Å². The first-order valence-corrected chi connectivity index (χ1v) is 5.37. The van der Waals surface area contributed by atoms with E-state index in [1.165, 1.54) is 12.1 Å². The molecule has 1 atom stereocenters. The van der Waals surface area contributed by atoms with Gasteiger partial charge in [-0.15, -0.1) is 6.42 Å². The molecule has 1 rings (SSSR count). The molecule has 0 heterocycles. The number of carbonyl (C=O) groups excluding carboxylic acids is 1. The van der Waals surface area contributed by atoms with Gasteiger partial charge >= 0.3 is 0 Å². The second-order valence-corrected chi connectivity index (χ2v) is 3.92. The van der Waals surface area contributed by atoms with Crippen molar-refractivity contribution in [2.24, 2.45) is 0 Å². The van der Waals surface area contributed by atoms with Crippen LogP contribution >= 0.6 is 0 Å². The maximum absolute atomic E-state index is 12.9. The second-order valence-electron chi connectivity index (χ2n) is 3.92. The van der Waals surface area contributed by atoms with E-state index in [1.807, 2.05) is 13.1 Å². The van der Waals surface area contributed by atoms with Crippen molar-refractivity contribution in [1.29, 1.82) is 0 Å². The van der Waals surface area contributed by atoms with Crippen molar-refractivity contribution in [3.8, 4) is 12.3 Å². The van der Waals surface area contributed by atoms with Gasteiger partial charge < -0.3 is 10.2 Å². The van der Waals surface area contributed by atoms with Gasteiger partial charge in [0, 0.05) is 5.56 Å². The van der Waals surface area contributed by atoms with E-state index in [0.717, 1.165) is 10.5 Å². The highest BCUT2D eigenvalue weighted by molar-refractivity contribution is 5.77. The summed E-state index contributed by atoms with van der Waals surface area (Å²) in [4.78, 5) is 12.3. The molecule has 0 saturated carbocycles. The number of quaternary nitrogens is 1. The molecule has 0 radical (unpaired) electrons. The molecule has 1 aromatic rings. The fourth-order valence-electron chi connectivity index (χ4n) is 1.54. The zero-order valence-corrected chi connectivity index (χ0v) is 9.79. The van der Waals surface area contributed by atoms with Crippen LogP contribution in [0.5, 0.6) is 0 Å². The molecule has 1 unspecified atom stereocenters. The first kappa shape index (κ1) is 13.2. The summed E-state index contributed by atoms with van der Waals surface area (Å²) in [6.07, 6.45) is 5.03.